The highest BCUT2D eigenvalue weighted by Gasteiger charge is 2.20. The minimum atomic E-state index is -1.44. The zero-order valence-corrected chi connectivity index (χ0v) is 22.5. The Hall–Kier alpha value is -1.36. The summed E-state index contributed by atoms with van der Waals surface area (Å²) in [5.74, 6) is -0.389. The maximum absolute atomic E-state index is 14.2. The van der Waals surface area contributed by atoms with Crippen LogP contribution in [0.25, 0.3) is 0 Å². The summed E-state index contributed by atoms with van der Waals surface area (Å²) in [6.45, 7) is 2.98. The van der Waals surface area contributed by atoms with Gasteiger partial charge in [-0.1, -0.05) is 23.7 Å². The third-order valence-corrected chi connectivity index (χ3v) is 4.18. The third kappa shape index (κ3) is 10.5. The molecule has 0 amide bonds. The van der Waals surface area contributed by atoms with Crippen molar-refractivity contribution in [2.45, 2.75) is 38.6 Å². The van der Waals surface area contributed by atoms with E-state index >= 15 is 0 Å². The standard InChI is InChI=1S/C22H23ClFNO5.I2/c1-14(2)30-21(22(26)27)9-15-4-3-5-19(8-15)28-12-18(24)13-29-20-7-6-17(23)10-16(20)11-25;1-2/h3-8,10,14,18,21H,9,12-13H2,1-2H3,(H,26,27);/t18-,21-;/m0./s1. The van der Waals surface area contributed by atoms with Crippen LogP contribution in [0, 0.1) is 11.3 Å². The number of ether oxygens (including phenoxy) is 3. The van der Waals surface area contributed by atoms with Crippen LogP contribution in [0.5, 0.6) is 11.5 Å². The number of alkyl halides is 1. The number of hydrogen-bond acceptors (Lipinski definition) is 5. The summed E-state index contributed by atoms with van der Waals surface area (Å²) in [6, 6.07) is 13.2. The van der Waals surface area contributed by atoms with Crippen LogP contribution in [0.3, 0.4) is 0 Å². The molecule has 6 nitrogen and oxygen atoms in total. The molecule has 0 aromatic heterocycles. The highest BCUT2D eigenvalue weighted by Crippen LogP contribution is 2.22. The summed E-state index contributed by atoms with van der Waals surface area (Å²) in [5, 5.41) is 18.8. The minimum absolute atomic E-state index is 0.167. The SMILES string of the molecule is CC(C)O[C@@H](Cc1cccc(OC[C@H](F)COc2ccc(Cl)cc2C#N)c1)C(=O)O.II. The average molecular weight is 690 g/mol. The molecule has 0 spiro atoms. The molecule has 174 valence electrons. The molecule has 1 N–H and O–H groups in total. The Labute approximate surface area is 215 Å². The fraction of sp³-hybridized carbons (Fsp3) is 0.364. The van der Waals surface area contributed by atoms with E-state index in [9.17, 15) is 14.3 Å². The topological polar surface area (TPSA) is 88.8 Å². The molecular weight excluding hydrogens is 667 g/mol. The number of carbonyl (C=O) groups is 1. The van der Waals surface area contributed by atoms with Gasteiger partial charge in [0.05, 0.1) is 11.7 Å². The highest BCUT2D eigenvalue weighted by molar-refractivity contribution is 15.0. The Kier molecular flexibility index (Phi) is 13.9. The molecule has 0 aliphatic heterocycles. The van der Waals surface area contributed by atoms with Crippen molar-refractivity contribution in [1.29, 1.82) is 5.26 Å². The van der Waals surface area contributed by atoms with Crippen LogP contribution >= 0.6 is 48.8 Å². The van der Waals surface area contributed by atoms with E-state index in [1.54, 1.807) is 44.2 Å². The molecule has 2 aromatic rings. The molecule has 2 atom stereocenters. The van der Waals surface area contributed by atoms with Gasteiger partial charge in [-0.15, -0.1) is 0 Å². The number of halogens is 4. The van der Waals surface area contributed by atoms with Crippen LogP contribution in [0.4, 0.5) is 4.39 Å². The molecule has 2 rings (SSSR count). The maximum atomic E-state index is 14.2. The van der Waals surface area contributed by atoms with Crippen LogP contribution in [0.15, 0.2) is 42.5 Å². The molecular formula is C22H23ClFI2NO5. The minimum Gasteiger partial charge on any atom is -0.490 e. The summed E-state index contributed by atoms with van der Waals surface area (Å²) >= 11 is 10.1. The second-order valence-corrected chi connectivity index (χ2v) is 7.27. The number of rotatable bonds is 11. The predicted molar refractivity (Wildman–Crippen MR) is 138 cm³/mol. The van der Waals surface area contributed by atoms with Gasteiger partial charge in [-0.2, -0.15) is 5.26 Å². The number of nitriles is 1. The molecule has 0 fully saturated rings. The Morgan fingerprint density at radius 3 is 2.50 bits per heavy atom. The van der Waals surface area contributed by atoms with Gasteiger partial charge in [0.2, 0.25) is 0 Å². The summed E-state index contributed by atoms with van der Waals surface area (Å²) in [6.07, 6.45) is -2.47. The lowest BCUT2D eigenvalue weighted by atomic mass is 10.1. The van der Waals surface area contributed by atoms with Crippen molar-refractivity contribution in [2.24, 2.45) is 0 Å². The van der Waals surface area contributed by atoms with Crippen LogP contribution < -0.4 is 9.47 Å². The van der Waals surface area contributed by atoms with Gasteiger partial charge >= 0.3 is 5.97 Å². The van der Waals surface area contributed by atoms with Crippen molar-refractivity contribution in [3.63, 3.8) is 0 Å². The first-order valence-electron chi connectivity index (χ1n) is 9.49. The first-order chi connectivity index (χ1) is 15.3. The molecule has 0 heterocycles. The van der Waals surface area contributed by atoms with Gasteiger partial charge in [0.1, 0.15) is 30.8 Å². The van der Waals surface area contributed by atoms with E-state index in [0.717, 1.165) is 0 Å². The third-order valence-electron chi connectivity index (χ3n) is 3.94. The number of aliphatic carboxylic acids is 1. The summed E-state index contributed by atoms with van der Waals surface area (Å²) in [4.78, 5) is 11.3. The highest BCUT2D eigenvalue weighted by atomic mass is 128. The Morgan fingerprint density at radius 2 is 1.88 bits per heavy atom. The summed E-state index contributed by atoms with van der Waals surface area (Å²) in [7, 11) is 0. The fourth-order valence-electron chi connectivity index (χ4n) is 2.63. The molecule has 0 saturated heterocycles. The second-order valence-electron chi connectivity index (χ2n) is 6.83. The first-order valence-corrected chi connectivity index (χ1v) is 16.2. The van der Waals surface area contributed by atoms with Gasteiger partial charge in [-0.3, -0.25) is 0 Å². The monoisotopic (exact) mass is 689 g/mol. The lowest BCUT2D eigenvalue weighted by Gasteiger charge is -2.17. The largest absolute Gasteiger partial charge is 0.490 e. The molecule has 0 unspecified atom stereocenters. The van der Waals surface area contributed by atoms with Crippen molar-refractivity contribution in [1.82, 2.24) is 0 Å². The second kappa shape index (κ2) is 15.5. The van der Waals surface area contributed by atoms with Crippen LogP contribution in [-0.2, 0) is 16.0 Å². The van der Waals surface area contributed by atoms with Gasteiger partial charge in [0.15, 0.2) is 12.3 Å². The van der Waals surface area contributed by atoms with Crippen molar-refractivity contribution in [3.05, 3.63) is 58.6 Å². The molecule has 0 saturated carbocycles. The first kappa shape index (κ1) is 28.7. The van der Waals surface area contributed by atoms with Gasteiger partial charge in [-0.25, -0.2) is 9.18 Å². The lowest BCUT2D eigenvalue weighted by molar-refractivity contribution is -0.153. The van der Waals surface area contributed by atoms with Gasteiger partial charge in [-0.05, 0) is 49.7 Å². The molecule has 32 heavy (non-hydrogen) atoms. The number of carboxylic acid groups (broad SMARTS) is 1. The van der Waals surface area contributed by atoms with Crippen molar-refractivity contribution < 1.29 is 28.5 Å². The maximum Gasteiger partial charge on any atom is 0.333 e. The fourth-order valence-corrected chi connectivity index (χ4v) is 2.80. The predicted octanol–water partition coefficient (Wildman–Crippen LogP) is 6.20. The summed E-state index contributed by atoms with van der Waals surface area (Å²) < 4.78 is 30.4. The summed E-state index contributed by atoms with van der Waals surface area (Å²) in [5.41, 5.74) is 0.923. The van der Waals surface area contributed by atoms with Crippen molar-refractivity contribution >= 4 is 54.8 Å². The number of hydrogen-bond donors (Lipinski definition) is 1. The molecule has 0 bridgehead atoms. The smallest absolute Gasteiger partial charge is 0.333 e. The average Bonchev–Trinajstić information content (AvgIpc) is 2.77. The van der Waals surface area contributed by atoms with Crippen molar-refractivity contribution in [3.8, 4) is 17.6 Å². The molecule has 0 aliphatic rings. The zero-order chi connectivity index (χ0) is 24.1. The number of carboxylic acids is 1. The van der Waals surface area contributed by atoms with Gasteiger partial charge in [0.25, 0.3) is 0 Å². The van der Waals surface area contributed by atoms with Crippen LogP contribution in [-0.4, -0.2) is 42.7 Å². The Morgan fingerprint density at radius 1 is 1.19 bits per heavy atom. The Balaban J connectivity index is 0.00000249. The molecule has 0 radical (unpaired) electrons. The van der Waals surface area contributed by atoms with E-state index in [0.29, 0.717) is 16.3 Å². The quantitative estimate of drug-likeness (QED) is 0.283. The van der Waals surface area contributed by atoms with E-state index in [-0.39, 0.29) is 37.1 Å². The van der Waals surface area contributed by atoms with Crippen LogP contribution in [0.1, 0.15) is 25.0 Å². The lowest BCUT2D eigenvalue weighted by Crippen LogP contribution is -2.29. The normalized spacial score (nSPS) is 12.2. The number of benzene rings is 2. The number of nitrogens with zero attached hydrogens (tertiary/aromatic N) is 1. The molecule has 2 aromatic carbocycles. The van der Waals surface area contributed by atoms with E-state index in [2.05, 4.69) is 37.2 Å². The van der Waals surface area contributed by atoms with Crippen LogP contribution in [0.2, 0.25) is 5.02 Å². The van der Waals surface area contributed by atoms with Crippen molar-refractivity contribution in [2.75, 3.05) is 13.2 Å². The van der Waals surface area contributed by atoms with Gasteiger partial charge in [0, 0.05) is 48.7 Å². The van der Waals surface area contributed by atoms with E-state index in [4.69, 9.17) is 31.1 Å². The van der Waals surface area contributed by atoms with E-state index in [1.165, 1.54) is 12.1 Å². The van der Waals surface area contributed by atoms with Gasteiger partial charge < -0.3 is 19.3 Å². The molecule has 0 aliphatic carbocycles. The van der Waals surface area contributed by atoms with E-state index < -0.39 is 18.2 Å². The molecule has 10 heteroatoms. The van der Waals surface area contributed by atoms with E-state index in [1.807, 2.05) is 6.07 Å². The Bertz CT molecular complexity index is 910. The zero-order valence-electron chi connectivity index (χ0n) is 17.4.